The highest BCUT2D eigenvalue weighted by Crippen LogP contribution is 2.33. The van der Waals surface area contributed by atoms with Crippen molar-refractivity contribution in [1.82, 2.24) is 9.13 Å². The summed E-state index contributed by atoms with van der Waals surface area (Å²) in [6.07, 6.45) is -1.97. The number of hydrogen-bond acceptors (Lipinski definition) is 4. The lowest BCUT2D eigenvalue weighted by atomic mass is 10.1. The molecule has 0 radical (unpaired) electrons. The number of nitrogens with zero attached hydrogens (tertiary/aromatic N) is 3. The van der Waals surface area contributed by atoms with Crippen molar-refractivity contribution in [3.8, 4) is 11.8 Å². The Balaban J connectivity index is 2.12. The van der Waals surface area contributed by atoms with Crippen molar-refractivity contribution in [2.45, 2.75) is 25.4 Å². The predicted octanol–water partition coefficient (Wildman–Crippen LogP) is 3.58. The van der Waals surface area contributed by atoms with E-state index in [1.165, 1.54) is 28.9 Å². The second-order valence-corrected chi connectivity index (χ2v) is 6.25. The van der Waals surface area contributed by atoms with Crippen LogP contribution in [0.5, 0.6) is 0 Å². The van der Waals surface area contributed by atoms with Gasteiger partial charge in [-0.3, -0.25) is 9.13 Å². The fourth-order valence-corrected chi connectivity index (χ4v) is 3.27. The first-order valence-corrected chi connectivity index (χ1v) is 8.77. The molecule has 6 nitrogen and oxygen atoms in total. The highest BCUT2D eigenvalue weighted by Gasteiger charge is 2.34. The van der Waals surface area contributed by atoms with Gasteiger partial charge < -0.3 is 9.47 Å². The Labute approximate surface area is 164 Å². The van der Waals surface area contributed by atoms with Crippen LogP contribution in [-0.4, -0.2) is 28.6 Å². The number of benzene rings is 1. The van der Waals surface area contributed by atoms with E-state index in [9.17, 15) is 18.0 Å². The van der Waals surface area contributed by atoms with Crippen LogP contribution < -0.4 is 5.69 Å². The molecule has 0 unspecified atom stereocenters. The number of imidazole rings is 1. The number of halogens is 3. The number of nitriles is 1. The minimum absolute atomic E-state index is 0.0218. The largest absolute Gasteiger partial charge is 0.417 e. The Morgan fingerprint density at radius 1 is 1.21 bits per heavy atom. The Hall–Kier alpha value is -3.09. The molecular formula is C20H18F3N3O3. The van der Waals surface area contributed by atoms with Gasteiger partial charge in [0.05, 0.1) is 47.5 Å². The van der Waals surface area contributed by atoms with Crippen molar-refractivity contribution < 1.29 is 22.6 Å². The van der Waals surface area contributed by atoms with Crippen LogP contribution in [0.15, 0.2) is 36.2 Å². The molecule has 1 aliphatic rings. The Bertz CT molecular complexity index is 1040. The third-order valence-electron chi connectivity index (χ3n) is 4.57. The van der Waals surface area contributed by atoms with Gasteiger partial charge in [0.1, 0.15) is 0 Å². The topological polar surface area (TPSA) is 69.2 Å². The quantitative estimate of drug-likeness (QED) is 0.737. The molecule has 0 aliphatic carbocycles. The van der Waals surface area contributed by atoms with Gasteiger partial charge in [0.15, 0.2) is 6.29 Å². The first kappa shape index (κ1) is 20.6. The zero-order valence-electron chi connectivity index (χ0n) is 15.4. The van der Waals surface area contributed by atoms with E-state index in [0.717, 1.165) is 16.7 Å². The molecule has 9 heteroatoms. The summed E-state index contributed by atoms with van der Waals surface area (Å²) in [5, 5.41) is 8.98. The van der Waals surface area contributed by atoms with E-state index in [0.29, 0.717) is 31.0 Å². The standard InChI is InChI=1S/C20H18F3N3O3/c1-3-16-17(4-2)26(19(27)25(16)8-7-18-28-9-10-29-18)14-6-5-13(12-24)15(11-14)20(21,22)23/h3-6,11,18H,1-2,7-10H2. The molecule has 1 saturated heterocycles. The van der Waals surface area contributed by atoms with Crippen LogP contribution in [0.3, 0.4) is 0 Å². The normalized spacial score (nSPS) is 14.7. The molecule has 1 fully saturated rings. The number of hydrogen-bond donors (Lipinski definition) is 0. The lowest BCUT2D eigenvalue weighted by Gasteiger charge is -2.12. The van der Waals surface area contributed by atoms with E-state index in [-0.39, 0.29) is 12.2 Å². The molecular weight excluding hydrogens is 387 g/mol. The van der Waals surface area contributed by atoms with E-state index in [4.69, 9.17) is 14.7 Å². The van der Waals surface area contributed by atoms with Gasteiger partial charge in [-0.1, -0.05) is 13.2 Å². The Morgan fingerprint density at radius 2 is 1.86 bits per heavy atom. The van der Waals surface area contributed by atoms with Crippen LogP contribution in [0.2, 0.25) is 0 Å². The van der Waals surface area contributed by atoms with Crippen molar-refractivity contribution in [3.05, 3.63) is 64.4 Å². The van der Waals surface area contributed by atoms with Crippen molar-refractivity contribution in [2.75, 3.05) is 13.2 Å². The third kappa shape index (κ3) is 3.90. The smallest absolute Gasteiger partial charge is 0.350 e. The molecule has 0 amide bonds. The summed E-state index contributed by atoms with van der Waals surface area (Å²) in [7, 11) is 0. The fourth-order valence-electron chi connectivity index (χ4n) is 3.27. The highest BCUT2D eigenvalue weighted by atomic mass is 19.4. The maximum absolute atomic E-state index is 13.4. The molecule has 1 aliphatic heterocycles. The molecule has 0 spiro atoms. The van der Waals surface area contributed by atoms with Gasteiger partial charge in [-0.15, -0.1) is 0 Å². The Kier molecular flexibility index (Phi) is 5.77. The van der Waals surface area contributed by atoms with Crippen LogP contribution in [0, 0.1) is 11.3 Å². The van der Waals surface area contributed by atoms with Crippen LogP contribution in [0.4, 0.5) is 13.2 Å². The van der Waals surface area contributed by atoms with Gasteiger partial charge in [-0.05, 0) is 30.4 Å². The molecule has 2 aromatic rings. The monoisotopic (exact) mass is 405 g/mol. The van der Waals surface area contributed by atoms with Gasteiger partial charge in [0.25, 0.3) is 0 Å². The van der Waals surface area contributed by atoms with Crippen LogP contribution in [0.1, 0.15) is 28.9 Å². The maximum Gasteiger partial charge on any atom is 0.417 e. The first-order chi connectivity index (χ1) is 13.8. The average molecular weight is 405 g/mol. The highest BCUT2D eigenvalue weighted by molar-refractivity contribution is 5.61. The lowest BCUT2D eigenvalue weighted by molar-refractivity contribution is -0.137. The van der Waals surface area contributed by atoms with E-state index >= 15 is 0 Å². The molecule has 2 heterocycles. The summed E-state index contributed by atoms with van der Waals surface area (Å²) in [5.41, 5.74) is -1.48. The molecule has 1 aromatic carbocycles. The summed E-state index contributed by atoms with van der Waals surface area (Å²) in [5.74, 6) is 0. The van der Waals surface area contributed by atoms with Gasteiger partial charge in [0, 0.05) is 13.0 Å². The van der Waals surface area contributed by atoms with Gasteiger partial charge in [-0.25, -0.2) is 4.79 Å². The van der Waals surface area contributed by atoms with E-state index in [1.807, 2.05) is 0 Å². The molecule has 0 atom stereocenters. The summed E-state index contributed by atoms with van der Waals surface area (Å²) in [6.45, 7) is 8.55. The van der Waals surface area contributed by atoms with Crippen molar-refractivity contribution in [1.29, 1.82) is 5.26 Å². The van der Waals surface area contributed by atoms with Crippen molar-refractivity contribution in [2.24, 2.45) is 0 Å². The molecule has 1 aromatic heterocycles. The molecule has 0 bridgehead atoms. The molecule has 0 saturated carbocycles. The predicted molar refractivity (Wildman–Crippen MR) is 100 cm³/mol. The third-order valence-corrected chi connectivity index (χ3v) is 4.57. The molecule has 0 N–H and O–H groups in total. The first-order valence-electron chi connectivity index (χ1n) is 8.77. The number of aromatic nitrogens is 2. The van der Waals surface area contributed by atoms with Crippen molar-refractivity contribution >= 4 is 12.2 Å². The van der Waals surface area contributed by atoms with Crippen molar-refractivity contribution in [3.63, 3.8) is 0 Å². The van der Waals surface area contributed by atoms with Gasteiger partial charge in [0.2, 0.25) is 0 Å². The summed E-state index contributed by atoms with van der Waals surface area (Å²) >= 11 is 0. The fraction of sp³-hybridized carbons (Fsp3) is 0.300. The van der Waals surface area contributed by atoms with Crippen LogP contribution in [-0.2, 0) is 22.2 Å². The zero-order chi connectivity index (χ0) is 21.2. The molecule has 152 valence electrons. The summed E-state index contributed by atoms with van der Waals surface area (Å²) < 4.78 is 53.3. The molecule has 3 rings (SSSR count). The van der Waals surface area contributed by atoms with E-state index in [1.54, 1.807) is 0 Å². The summed E-state index contributed by atoms with van der Waals surface area (Å²) in [6, 6.07) is 4.65. The number of alkyl halides is 3. The average Bonchev–Trinajstić information content (AvgIpc) is 3.30. The zero-order valence-corrected chi connectivity index (χ0v) is 15.4. The SMILES string of the molecule is C=Cc1c(C=C)n(-c2ccc(C#N)c(C(F)(F)F)c2)c(=O)n1CCC1OCCO1. The number of rotatable bonds is 6. The maximum atomic E-state index is 13.4. The van der Waals surface area contributed by atoms with E-state index < -0.39 is 29.3 Å². The van der Waals surface area contributed by atoms with Crippen LogP contribution >= 0.6 is 0 Å². The van der Waals surface area contributed by atoms with Gasteiger partial charge >= 0.3 is 11.9 Å². The van der Waals surface area contributed by atoms with Gasteiger partial charge in [-0.2, -0.15) is 18.4 Å². The minimum Gasteiger partial charge on any atom is -0.350 e. The van der Waals surface area contributed by atoms with E-state index in [2.05, 4.69) is 13.2 Å². The second kappa shape index (κ2) is 8.11. The minimum atomic E-state index is -4.74. The Morgan fingerprint density at radius 3 is 2.41 bits per heavy atom. The molecule has 29 heavy (non-hydrogen) atoms. The lowest BCUT2D eigenvalue weighted by Crippen LogP contribution is -2.26. The van der Waals surface area contributed by atoms with Crippen LogP contribution in [0.25, 0.3) is 17.8 Å². The summed E-state index contributed by atoms with van der Waals surface area (Å²) in [4.78, 5) is 13.1. The second-order valence-electron chi connectivity index (χ2n) is 6.25. The number of ether oxygens (including phenoxy) is 2.